The normalized spacial score (nSPS) is 11.1. The molecule has 3 aromatic rings. The highest BCUT2D eigenvalue weighted by atomic mass is 32.2. The molecular formula is C19H17N3O3S. The van der Waals surface area contributed by atoms with Crippen molar-refractivity contribution in [3.8, 4) is 11.1 Å². The van der Waals surface area contributed by atoms with Gasteiger partial charge in [-0.2, -0.15) is 0 Å². The van der Waals surface area contributed by atoms with Gasteiger partial charge < -0.3 is 5.73 Å². The monoisotopic (exact) mass is 367 g/mol. The Kier molecular flexibility index (Phi) is 4.73. The van der Waals surface area contributed by atoms with Gasteiger partial charge in [0, 0.05) is 11.3 Å². The Hall–Kier alpha value is -3.19. The Labute approximate surface area is 151 Å². The van der Waals surface area contributed by atoms with E-state index in [1.165, 1.54) is 12.1 Å². The number of sulfonamides is 1. The van der Waals surface area contributed by atoms with Gasteiger partial charge in [0.15, 0.2) is 0 Å². The topological polar surface area (TPSA) is 102 Å². The fourth-order valence-electron chi connectivity index (χ4n) is 2.45. The van der Waals surface area contributed by atoms with Crippen LogP contribution in [0.25, 0.3) is 11.1 Å². The third-order valence-corrected chi connectivity index (χ3v) is 5.17. The van der Waals surface area contributed by atoms with E-state index in [9.17, 15) is 13.2 Å². The van der Waals surface area contributed by atoms with Gasteiger partial charge in [-0.15, -0.1) is 0 Å². The van der Waals surface area contributed by atoms with Gasteiger partial charge in [-0.05, 0) is 54.4 Å². The lowest BCUT2D eigenvalue weighted by atomic mass is 10.0. The number of carbonyl (C=O) groups excluding carboxylic acids is 1. The highest BCUT2D eigenvalue weighted by Gasteiger charge is 2.15. The summed E-state index contributed by atoms with van der Waals surface area (Å²) in [6.45, 7) is 1.79. The average Bonchev–Trinajstić information content (AvgIpc) is 2.61. The zero-order valence-corrected chi connectivity index (χ0v) is 14.8. The number of hydrogen-bond donors (Lipinski definition) is 2. The number of nitrogens with two attached hydrogens (primary N) is 1. The molecule has 0 saturated carbocycles. The van der Waals surface area contributed by atoms with Crippen molar-refractivity contribution in [2.45, 2.75) is 11.8 Å². The summed E-state index contributed by atoms with van der Waals surface area (Å²) in [6, 6.07) is 18.4. The summed E-state index contributed by atoms with van der Waals surface area (Å²) in [7, 11) is -3.72. The maximum atomic E-state index is 12.5. The van der Waals surface area contributed by atoms with Crippen LogP contribution in [0.15, 0.2) is 71.6 Å². The van der Waals surface area contributed by atoms with Crippen molar-refractivity contribution in [1.29, 1.82) is 0 Å². The van der Waals surface area contributed by atoms with Gasteiger partial charge in [-0.3, -0.25) is 9.52 Å². The van der Waals surface area contributed by atoms with Crippen LogP contribution in [0.2, 0.25) is 0 Å². The number of nitrogens with zero attached hydrogens (tertiary/aromatic N) is 1. The summed E-state index contributed by atoms with van der Waals surface area (Å²) in [5.41, 5.74) is 8.05. The Balaban J connectivity index is 1.83. The maximum absolute atomic E-state index is 12.5. The van der Waals surface area contributed by atoms with Crippen molar-refractivity contribution in [3.63, 3.8) is 0 Å². The van der Waals surface area contributed by atoms with Crippen LogP contribution < -0.4 is 10.5 Å². The number of amides is 1. The third-order valence-electron chi connectivity index (χ3n) is 3.79. The summed E-state index contributed by atoms with van der Waals surface area (Å²) in [6.07, 6.45) is 0. The molecule has 2 aromatic carbocycles. The van der Waals surface area contributed by atoms with Crippen LogP contribution >= 0.6 is 0 Å². The molecule has 0 spiro atoms. The van der Waals surface area contributed by atoms with Crippen LogP contribution in [0.1, 0.15) is 16.1 Å². The van der Waals surface area contributed by atoms with E-state index in [2.05, 4.69) is 9.71 Å². The van der Waals surface area contributed by atoms with E-state index in [1.54, 1.807) is 61.5 Å². The first-order chi connectivity index (χ1) is 12.3. The van der Waals surface area contributed by atoms with Gasteiger partial charge in [0.05, 0.1) is 4.90 Å². The number of rotatable bonds is 5. The number of primary amides is 1. The third kappa shape index (κ3) is 3.89. The van der Waals surface area contributed by atoms with Crippen molar-refractivity contribution in [3.05, 3.63) is 78.0 Å². The molecule has 0 unspecified atom stereocenters. The molecule has 1 aromatic heterocycles. The van der Waals surface area contributed by atoms with Crippen LogP contribution in [0, 0.1) is 6.92 Å². The van der Waals surface area contributed by atoms with Crippen LogP contribution in [0.4, 0.5) is 5.82 Å². The predicted molar refractivity (Wildman–Crippen MR) is 100 cm³/mol. The number of benzene rings is 2. The van der Waals surface area contributed by atoms with Crippen LogP contribution in [0.5, 0.6) is 0 Å². The molecule has 1 heterocycles. The second-order valence-electron chi connectivity index (χ2n) is 5.74. The van der Waals surface area contributed by atoms with E-state index < -0.39 is 15.9 Å². The standard InChI is InChI=1S/C19H17N3O3S/c1-13-3-2-4-18(21-13)22-26(24,25)17-11-9-15(10-12-17)14-5-7-16(8-6-14)19(20)23/h2-12H,1H3,(H2,20,23)(H,21,22). The lowest BCUT2D eigenvalue weighted by Gasteiger charge is -2.09. The minimum atomic E-state index is -3.72. The van der Waals surface area contributed by atoms with E-state index in [0.717, 1.165) is 16.8 Å². The number of aryl methyl sites for hydroxylation is 1. The number of hydrogen-bond acceptors (Lipinski definition) is 4. The predicted octanol–water partition coefficient (Wildman–Crippen LogP) is 2.96. The summed E-state index contributed by atoms with van der Waals surface area (Å²) >= 11 is 0. The minimum absolute atomic E-state index is 0.137. The number of pyridine rings is 1. The quantitative estimate of drug-likeness (QED) is 0.724. The van der Waals surface area contributed by atoms with Crippen molar-refractivity contribution in [2.24, 2.45) is 5.73 Å². The molecule has 0 saturated heterocycles. The molecule has 0 fully saturated rings. The van der Waals surface area contributed by atoms with Crippen molar-refractivity contribution in [2.75, 3.05) is 4.72 Å². The van der Waals surface area contributed by atoms with E-state index in [-0.39, 0.29) is 10.7 Å². The molecule has 3 N–H and O–H groups in total. The van der Waals surface area contributed by atoms with Gasteiger partial charge in [0.1, 0.15) is 5.82 Å². The van der Waals surface area contributed by atoms with E-state index in [0.29, 0.717) is 5.56 Å². The highest BCUT2D eigenvalue weighted by molar-refractivity contribution is 7.92. The number of aromatic nitrogens is 1. The Morgan fingerprint density at radius 1 is 0.923 bits per heavy atom. The second-order valence-corrected chi connectivity index (χ2v) is 7.42. The Morgan fingerprint density at radius 2 is 1.50 bits per heavy atom. The molecule has 0 atom stereocenters. The number of nitrogens with one attached hydrogen (secondary N) is 1. The molecule has 26 heavy (non-hydrogen) atoms. The Morgan fingerprint density at radius 3 is 2.04 bits per heavy atom. The molecule has 0 aliphatic heterocycles. The molecule has 0 radical (unpaired) electrons. The molecule has 6 nitrogen and oxygen atoms in total. The van der Waals surface area contributed by atoms with Gasteiger partial charge in [-0.1, -0.05) is 30.3 Å². The zero-order chi connectivity index (χ0) is 18.7. The molecule has 3 rings (SSSR count). The molecule has 0 aliphatic rings. The molecule has 7 heteroatoms. The first-order valence-electron chi connectivity index (χ1n) is 7.82. The first-order valence-corrected chi connectivity index (χ1v) is 9.30. The average molecular weight is 367 g/mol. The number of anilines is 1. The smallest absolute Gasteiger partial charge is 0.263 e. The first kappa shape index (κ1) is 17.6. The summed E-state index contributed by atoms with van der Waals surface area (Å²) in [5, 5.41) is 0. The van der Waals surface area contributed by atoms with Crippen LogP contribution in [-0.2, 0) is 10.0 Å². The fraction of sp³-hybridized carbons (Fsp3) is 0.0526. The second kappa shape index (κ2) is 6.97. The van der Waals surface area contributed by atoms with Crippen molar-refractivity contribution < 1.29 is 13.2 Å². The SMILES string of the molecule is Cc1cccc(NS(=O)(=O)c2ccc(-c3ccc(C(N)=O)cc3)cc2)n1. The zero-order valence-electron chi connectivity index (χ0n) is 14.0. The maximum Gasteiger partial charge on any atom is 0.263 e. The van der Waals surface area contributed by atoms with Crippen LogP contribution in [-0.4, -0.2) is 19.3 Å². The van der Waals surface area contributed by atoms with Crippen molar-refractivity contribution in [1.82, 2.24) is 4.98 Å². The summed E-state index contributed by atoms with van der Waals surface area (Å²) < 4.78 is 27.4. The fourth-order valence-corrected chi connectivity index (χ4v) is 3.45. The lowest BCUT2D eigenvalue weighted by molar-refractivity contribution is 0.100. The van der Waals surface area contributed by atoms with E-state index >= 15 is 0 Å². The lowest BCUT2D eigenvalue weighted by Crippen LogP contribution is -2.14. The minimum Gasteiger partial charge on any atom is -0.366 e. The van der Waals surface area contributed by atoms with Gasteiger partial charge >= 0.3 is 0 Å². The number of carbonyl (C=O) groups is 1. The summed E-state index contributed by atoms with van der Waals surface area (Å²) in [4.78, 5) is 15.4. The molecule has 132 valence electrons. The van der Waals surface area contributed by atoms with E-state index in [1.807, 2.05) is 0 Å². The molecule has 0 aliphatic carbocycles. The van der Waals surface area contributed by atoms with Gasteiger partial charge in [-0.25, -0.2) is 13.4 Å². The van der Waals surface area contributed by atoms with Gasteiger partial charge in [0.2, 0.25) is 5.91 Å². The summed E-state index contributed by atoms with van der Waals surface area (Å²) in [5.74, 6) is -0.218. The Bertz CT molecular complexity index is 1040. The molecule has 1 amide bonds. The van der Waals surface area contributed by atoms with Crippen molar-refractivity contribution >= 4 is 21.7 Å². The van der Waals surface area contributed by atoms with E-state index in [4.69, 9.17) is 5.73 Å². The van der Waals surface area contributed by atoms with Gasteiger partial charge in [0.25, 0.3) is 10.0 Å². The largest absolute Gasteiger partial charge is 0.366 e. The molecular weight excluding hydrogens is 350 g/mol. The highest BCUT2D eigenvalue weighted by Crippen LogP contribution is 2.23. The molecule has 0 bridgehead atoms. The van der Waals surface area contributed by atoms with Crippen LogP contribution in [0.3, 0.4) is 0 Å².